The van der Waals surface area contributed by atoms with Gasteiger partial charge in [0.15, 0.2) is 0 Å². The van der Waals surface area contributed by atoms with Gasteiger partial charge in [-0.2, -0.15) is 0 Å². The molecule has 1 fully saturated rings. The Hall–Kier alpha value is -2.42. The summed E-state index contributed by atoms with van der Waals surface area (Å²) in [6.07, 6.45) is 4.89. The number of carbonyl (C=O) groups excluding carboxylic acids is 2. The van der Waals surface area contributed by atoms with Gasteiger partial charge in [-0.05, 0) is 26.2 Å². The summed E-state index contributed by atoms with van der Waals surface area (Å²) >= 11 is 0. The fraction of sp³-hybridized carbons (Fsp3) is 0.600. The molecular weight excluding hydrogens is 382 g/mol. The Morgan fingerprint density at radius 2 is 1.97 bits per heavy atom. The third-order valence-corrected chi connectivity index (χ3v) is 4.03. The molecule has 0 aliphatic heterocycles. The Kier molecular flexibility index (Phi) is 11.0. The number of hydrogen-bond acceptors (Lipinski definition) is 5. The first-order valence-electron chi connectivity index (χ1n) is 9.99. The molecular formula is C20H32F2N4O3. The molecule has 2 aliphatic carbocycles. The molecule has 29 heavy (non-hydrogen) atoms. The fourth-order valence-corrected chi connectivity index (χ4v) is 2.46. The van der Waals surface area contributed by atoms with Gasteiger partial charge in [-0.3, -0.25) is 9.59 Å². The molecule has 2 aliphatic rings. The summed E-state index contributed by atoms with van der Waals surface area (Å²) < 4.78 is 29.6. The summed E-state index contributed by atoms with van der Waals surface area (Å²) in [6, 6.07) is -0.114. The van der Waals surface area contributed by atoms with Crippen LogP contribution in [0.15, 0.2) is 35.2 Å². The molecule has 0 heterocycles. The fourth-order valence-electron chi connectivity index (χ4n) is 2.46. The normalized spacial score (nSPS) is 18.8. The van der Waals surface area contributed by atoms with Crippen molar-refractivity contribution >= 4 is 11.8 Å². The van der Waals surface area contributed by atoms with E-state index >= 15 is 0 Å². The minimum atomic E-state index is -2.61. The molecule has 0 spiro atoms. The van der Waals surface area contributed by atoms with E-state index in [-0.39, 0.29) is 36.0 Å². The number of alkyl halides is 2. The van der Waals surface area contributed by atoms with Crippen molar-refractivity contribution in [3.05, 3.63) is 35.2 Å². The van der Waals surface area contributed by atoms with Gasteiger partial charge in [0.1, 0.15) is 12.3 Å². The van der Waals surface area contributed by atoms with Gasteiger partial charge in [0.05, 0.1) is 12.3 Å². The molecule has 2 amide bonds. The van der Waals surface area contributed by atoms with E-state index in [9.17, 15) is 18.4 Å². The molecule has 5 N–H and O–H groups in total. The van der Waals surface area contributed by atoms with Crippen LogP contribution in [-0.4, -0.2) is 50.1 Å². The van der Waals surface area contributed by atoms with Crippen LogP contribution in [-0.2, 0) is 14.3 Å². The van der Waals surface area contributed by atoms with Crippen LogP contribution in [0, 0.1) is 0 Å². The highest BCUT2D eigenvalue weighted by Crippen LogP contribution is 2.19. The Labute approximate surface area is 170 Å². The lowest BCUT2D eigenvalue weighted by Gasteiger charge is -2.22. The van der Waals surface area contributed by atoms with E-state index in [0.717, 1.165) is 12.8 Å². The van der Waals surface area contributed by atoms with E-state index in [2.05, 4.69) is 16.0 Å². The van der Waals surface area contributed by atoms with Crippen LogP contribution < -0.4 is 21.7 Å². The predicted octanol–water partition coefficient (Wildman–Crippen LogP) is 1.72. The van der Waals surface area contributed by atoms with Crippen molar-refractivity contribution in [2.75, 3.05) is 19.8 Å². The van der Waals surface area contributed by atoms with Crippen molar-refractivity contribution in [1.29, 1.82) is 0 Å². The smallest absolute Gasteiger partial charge is 0.269 e. The van der Waals surface area contributed by atoms with E-state index in [4.69, 9.17) is 10.5 Å². The standard InChI is InChI=1S/C18H26F2N4O3.C2H6/c1-2-22-17(25)11-3-5-12(6-4-11)23-14(9-27-10-15(19)20)16(21)18(26)24-13-7-8-13;1-2/h3-5,12-13,15,23H,2,6-10,21H2,1H3,(H,22,25)(H,24,26);1-2H3/b16-14-;. The molecule has 0 saturated heterocycles. The Morgan fingerprint density at radius 1 is 1.28 bits per heavy atom. The van der Waals surface area contributed by atoms with Crippen LogP contribution in [0.3, 0.4) is 0 Å². The number of nitrogens with two attached hydrogens (primary N) is 1. The van der Waals surface area contributed by atoms with Gasteiger partial charge >= 0.3 is 0 Å². The van der Waals surface area contributed by atoms with Crippen LogP contribution >= 0.6 is 0 Å². The second kappa shape index (κ2) is 12.9. The summed E-state index contributed by atoms with van der Waals surface area (Å²) in [7, 11) is 0. The summed E-state index contributed by atoms with van der Waals surface area (Å²) in [5, 5.41) is 8.53. The molecule has 0 aromatic rings. The Morgan fingerprint density at radius 3 is 2.48 bits per heavy atom. The van der Waals surface area contributed by atoms with Gasteiger partial charge in [-0.15, -0.1) is 0 Å². The average molecular weight is 414 g/mol. The lowest BCUT2D eigenvalue weighted by Crippen LogP contribution is -2.38. The monoisotopic (exact) mass is 414 g/mol. The minimum Gasteiger partial charge on any atom is -0.393 e. The molecule has 0 aromatic heterocycles. The van der Waals surface area contributed by atoms with Gasteiger partial charge < -0.3 is 26.4 Å². The zero-order valence-corrected chi connectivity index (χ0v) is 17.3. The van der Waals surface area contributed by atoms with Gasteiger partial charge in [-0.1, -0.05) is 32.1 Å². The maximum atomic E-state index is 12.3. The predicted molar refractivity (Wildman–Crippen MR) is 108 cm³/mol. The van der Waals surface area contributed by atoms with E-state index in [0.29, 0.717) is 18.5 Å². The maximum Gasteiger partial charge on any atom is 0.269 e. The van der Waals surface area contributed by atoms with Gasteiger partial charge in [0, 0.05) is 24.2 Å². The number of ether oxygens (including phenoxy) is 1. The van der Waals surface area contributed by atoms with Crippen molar-refractivity contribution in [2.45, 2.75) is 58.5 Å². The minimum absolute atomic E-state index is 0.0805. The number of likely N-dealkylation sites (N-methyl/N-ethyl adjacent to an activating group) is 1. The topological polar surface area (TPSA) is 105 Å². The lowest BCUT2D eigenvalue weighted by atomic mass is 10.0. The molecule has 1 unspecified atom stereocenters. The van der Waals surface area contributed by atoms with Crippen LogP contribution in [0.2, 0.25) is 0 Å². The first kappa shape index (κ1) is 24.6. The highest BCUT2D eigenvalue weighted by Gasteiger charge is 2.26. The molecule has 0 radical (unpaired) electrons. The SMILES string of the molecule is CC.CCNC(=O)C1=CCC(N/C(COCC(F)F)=C(\N)C(=O)NC2CC2)C=C1. The largest absolute Gasteiger partial charge is 0.393 e. The molecule has 0 aromatic carbocycles. The molecule has 0 bridgehead atoms. The Balaban J connectivity index is 0.00000204. The number of hydrogen-bond donors (Lipinski definition) is 4. The van der Waals surface area contributed by atoms with Crippen molar-refractivity contribution in [3.63, 3.8) is 0 Å². The quantitative estimate of drug-likeness (QED) is 0.408. The van der Waals surface area contributed by atoms with Crippen molar-refractivity contribution in [1.82, 2.24) is 16.0 Å². The Bertz CT molecular complexity index is 644. The summed E-state index contributed by atoms with van der Waals surface area (Å²) in [5.74, 6) is -0.606. The van der Waals surface area contributed by atoms with E-state index in [1.165, 1.54) is 0 Å². The van der Waals surface area contributed by atoms with Crippen LogP contribution in [0.4, 0.5) is 8.78 Å². The molecule has 9 heteroatoms. The lowest BCUT2D eigenvalue weighted by molar-refractivity contribution is -0.118. The third-order valence-electron chi connectivity index (χ3n) is 4.03. The molecule has 164 valence electrons. The highest BCUT2D eigenvalue weighted by atomic mass is 19.3. The van der Waals surface area contributed by atoms with Crippen molar-refractivity contribution < 1.29 is 23.1 Å². The van der Waals surface area contributed by atoms with Crippen molar-refractivity contribution in [2.24, 2.45) is 5.73 Å². The molecule has 2 rings (SSSR count). The first-order chi connectivity index (χ1) is 13.9. The van der Waals surface area contributed by atoms with Crippen LogP contribution in [0.25, 0.3) is 0 Å². The summed E-state index contributed by atoms with van der Waals surface area (Å²) in [6.45, 7) is 5.39. The average Bonchev–Trinajstić information content (AvgIpc) is 3.52. The number of halogens is 2. The highest BCUT2D eigenvalue weighted by molar-refractivity contribution is 5.96. The number of carbonyl (C=O) groups is 2. The van der Waals surface area contributed by atoms with Crippen molar-refractivity contribution in [3.8, 4) is 0 Å². The zero-order chi connectivity index (χ0) is 21.8. The van der Waals surface area contributed by atoms with E-state index in [1.54, 1.807) is 18.2 Å². The number of rotatable bonds is 10. The molecule has 1 atom stereocenters. The van der Waals surface area contributed by atoms with E-state index in [1.807, 2.05) is 20.8 Å². The summed E-state index contributed by atoms with van der Waals surface area (Å²) in [5.41, 5.74) is 6.64. The van der Waals surface area contributed by atoms with Gasteiger partial charge in [0.25, 0.3) is 18.2 Å². The zero-order valence-electron chi connectivity index (χ0n) is 17.3. The third kappa shape index (κ3) is 9.08. The number of nitrogens with one attached hydrogen (secondary N) is 3. The number of amides is 2. The van der Waals surface area contributed by atoms with Gasteiger partial charge in [-0.25, -0.2) is 8.78 Å². The first-order valence-corrected chi connectivity index (χ1v) is 9.99. The van der Waals surface area contributed by atoms with Crippen LogP contribution in [0.1, 0.15) is 40.0 Å². The molecule has 7 nitrogen and oxygen atoms in total. The second-order valence-electron chi connectivity index (χ2n) is 6.41. The van der Waals surface area contributed by atoms with Gasteiger partial charge in [0.2, 0.25) is 0 Å². The van der Waals surface area contributed by atoms with E-state index < -0.39 is 18.9 Å². The molecule has 1 saturated carbocycles. The summed E-state index contributed by atoms with van der Waals surface area (Å²) in [4.78, 5) is 24.0. The maximum absolute atomic E-state index is 12.3. The van der Waals surface area contributed by atoms with Crippen LogP contribution in [0.5, 0.6) is 0 Å². The second-order valence-corrected chi connectivity index (χ2v) is 6.41.